The van der Waals surface area contributed by atoms with E-state index >= 15 is 0 Å². The van der Waals surface area contributed by atoms with Gasteiger partial charge in [-0.2, -0.15) is 0 Å². The maximum absolute atomic E-state index is 13.1. The standard InChI is InChI=1S/C26H30N2O6/c1-6-17-7-9-18(10-8-17)24(30)22-23(28(14-13-27(3)4)26(32)25(22)31)19-11-12-20(33-5)21(15-19)34-16(2)29/h7-12,15,23,30H,6,13-14H2,1-5H3/b24-22-. The number of amides is 1. The number of benzene rings is 2. The Labute approximate surface area is 199 Å². The van der Waals surface area contributed by atoms with Crippen molar-refractivity contribution in [3.63, 3.8) is 0 Å². The summed E-state index contributed by atoms with van der Waals surface area (Å²) < 4.78 is 10.6. The van der Waals surface area contributed by atoms with E-state index in [4.69, 9.17) is 9.47 Å². The summed E-state index contributed by atoms with van der Waals surface area (Å²) >= 11 is 0. The monoisotopic (exact) mass is 466 g/mol. The number of aliphatic hydroxyl groups is 1. The fraction of sp³-hybridized carbons (Fsp3) is 0.346. The molecule has 0 radical (unpaired) electrons. The molecule has 1 amide bonds. The Hall–Kier alpha value is -3.65. The molecule has 2 aromatic rings. The molecule has 8 heteroatoms. The van der Waals surface area contributed by atoms with E-state index in [0.717, 1.165) is 12.0 Å². The van der Waals surface area contributed by atoms with Crippen molar-refractivity contribution in [1.29, 1.82) is 0 Å². The lowest BCUT2D eigenvalue weighted by atomic mass is 9.94. The minimum atomic E-state index is -0.856. The maximum Gasteiger partial charge on any atom is 0.308 e. The second-order valence-corrected chi connectivity index (χ2v) is 8.35. The van der Waals surface area contributed by atoms with Crippen LogP contribution in [0.3, 0.4) is 0 Å². The second kappa shape index (κ2) is 10.5. The molecule has 3 rings (SSSR count). The quantitative estimate of drug-likeness (QED) is 0.210. The minimum Gasteiger partial charge on any atom is -0.507 e. The van der Waals surface area contributed by atoms with Gasteiger partial charge in [0.15, 0.2) is 11.5 Å². The molecule has 180 valence electrons. The first-order valence-electron chi connectivity index (χ1n) is 11.1. The SMILES string of the molecule is CCc1ccc(/C(O)=C2/C(=O)C(=O)N(CCN(C)C)C2c2ccc(OC)c(OC(C)=O)c2)cc1. The number of ketones is 1. The molecule has 2 aromatic carbocycles. The molecule has 1 aliphatic heterocycles. The predicted octanol–water partition coefficient (Wildman–Crippen LogP) is 3.17. The first kappa shape index (κ1) is 25.0. The van der Waals surface area contributed by atoms with E-state index in [9.17, 15) is 19.5 Å². The lowest BCUT2D eigenvalue weighted by Gasteiger charge is -2.27. The molecular formula is C26H30N2O6. The van der Waals surface area contributed by atoms with Crippen LogP contribution < -0.4 is 9.47 Å². The Morgan fingerprint density at radius 1 is 1.09 bits per heavy atom. The van der Waals surface area contributed by atoms with Gasteiger partial charge in [-0.05, 0) is 43.8 Å². The number of Topliss-reactive ketones (excluding diaryl/α,β-unsaturated/α-hetero) is 1. The average molecular weight is 467 g/mol. The molecule has 1 atom stereocenters. The summed E-state index contributed by atoms with van der Waals surface area (Å²) in [4.78, 5) is 41.1. The number of likely N-dealkylation sites (tertiary alicyclic amines) is 1. The zero-order valence-corrected chi connectivity index (χ0v) is 20.1. The van der Waals surface area contributed by atoms with Crippen molar-refractivity contribution in [2.75, 3.05) is 34.3 Å². The molecule has 0 spiro atoms. The van der Waals surface area contributed by atoms with Gasteiger partial charge in [-0.1, -0.05) is 37.3 Å². The molecule has 8 nitrogen and oxygen atoms in total. The number of methoxy groups -OCH3 is 1. The van der Waals surface area contributed by atoms with Crippen LogP contribution in [-0.4, -0.2) is 66.9 Å². The van der Waals surface area contributed by atoms with Crippen molar-refractivity contribution in [3.8, 4) is 11.5 Å². The van der Waals surface area contributed by atoms with E-state index < -0.39 is 23.7 Å². The van der Waals surface area contributed by atoms with Crippen molar-refractivity contribution < 1.29 is 29.0 Å². The summed E-state index contributed by atoms with van der Waals surface area (Å²) in [7, 11) is 5.19. The van der Waals surface area contributed by atoms with Gasteiger partial charge in [0, 0.05) is 25.6 Å². The van der Waals surface area contributed by atoms with Gasteiger partial charge in [0.2, 0.25) is 0 Å². The molecule has 34 heavy (non-hydrogen) atoms. The van der Waals surface area contributed by atoms with Crippen LogP contribution in [0, 0.1) is 0 Å². The number of rotatable bonds is 8. The van der Waals surface area contributed by atoms with Crippen LogP contribution in [0.15, 0.2) is 48.0 Å². The van der Waals surface area contributed by atoms with Gasteiger partial charge in [-0.15, -0.1) is 0 Å². The fourth-order valence-electron chi connectivity index (χ4n) is 3.92. The molecule has 1 aliphatic rings. The van der Waals surface area contributed by atoms with Gasteiger partial charge in [-0.25, -0.2) is 0 Å². The largest absolute Gasteiger partial charge is 0.507 e. The molecule has 1 saturated heterocycles. The van der Waals surface area contributed by atoms with Crippen LogP contribution in [0.2, 0.25) is 0 Å². The summed E-state index contributed by atoms with van der Waals surface area (Å²) in [6.45, 7) is 4.08. The number of esters is 1. The van der Waals surface area contributed by atoms with Gasteiger partial charge < -0.3 is 24.4 Å². The number of aryl methyl sites for hydroxylation is 1. The van der Waals surface area contributed by atoms with Crippen LogP contribution in [0.25, 0.3) is 5.76 Å². The number of nitrogens with zero attached hydrogens (tertiary/aromatic N) is 2. The van der Waals surface area contributed by atoms with E-state index in [-0.39, 0.29) is 23.6 Å². The number of aliphatic hydroxyl groups excluding tert-OH is 1. The lowest BCUT2D eigenvalue weighted by Crippen LogP contribution is -2.35. The van der Waals surface area contributed by atoms with Crippen LogP contribution in [0.4, 0.5) is 0 Å². The van der Waals surface area contributed by atoms with Gasteiger partial charge >= 0.3 is 5.97 Å². The van der Waals surface area contributed by atoms with Crippen molar-refractivity contribution in [2.24, 2.45) is 0 Å². The first-order chi connectivity index (χ1) is 16.2. The highest BCUT2D eigenvalue weighted by atomic mass is 16.6. The Kier molecular flexibility index (Phi) is 7.73. The van der Waals surface area contributed by atoms with Crippen molar-refractivity contribution in [3.05, 3.63) is 64.7 Å². The summed E-state index contributed by atoms with van der Waals surface area (Å²) in [5.74, 6) is -1.73. The zero-order valence-electron chi connectivity index (χ0n) is 20.1. The third-order valence-electron chi connectivity index (χ3n) is 5.72. The highest BCUT2D eigenvalue weighted by molar-refractivity contribution is 6.46. The highest BCUT2D eigenvalue weighted by Gasteiger charge is 2.46. The third kappa shape index (κ3) is 5.12. The molecule has 0 bridgehead atoms. The Morgan fingerprint density at radius 3 is 2.32 bits per heavy atom. The number of hydrogen-bond acceptors (Lipinski definition) is 7. The van der Waals surface area contributed by atoms with Crippen molar-refractivity contribution in [2.45, 2.75) is 26.3 Å². The van der Waals surface area contributed by atoms with Crippen LogP contribution >= 0.6 is 0 Å². The summed E-state index contributed by atoms with van der Waals surface area (Å²) in [5, 5.41) is 11.2. The molecule has 1 heterocycles. The summed E-state index contributed by atoms with van der Waals surface area (Å²) in [6.07, 6.45) is 0.834. The van der Waals surface area contributed by atoms with Crippen molar-refractivity contribution in [1.82, 2.24) is 9.80 Å². The molecule has 1 N–H and O–H groups in total. The van der Waals surface area contributed by atoms with Crippen LogP contribution in [-0.2, 0) is 20.8 Å². The number of carbonyl (C=O) groups excluding carboxylic acids is 3. The van der Waals surface area contributed by atoms with Crippen molar-refractivity contribution >= 4 is 23.4 Å². The number of hydrogen-bond donors (Lipinski definition) is 1. The molecule has 1 fully saturated rings. The number of likely N-dealkylation sites (N-methyl/N-ethyl adjacent to an activating group) is 1. The van der Waals surface area contributed by atoms with Gasteiger partial charge in [-0.3, -0.25) is 14.4 Å². The maximum atomic E-state index is 13.1. The minimum absolute atomic E-state index is 0.00746. The smallest absolute Gasteiger partial charge is 0.308 e. The summed E-state index contributed by atoms with van der Waals surface area (Å²) in [5.41, 5.74) is 2.04. The van der Waals surface area contributed by atoms with E-state index in [1.807, 2.05) is 38.1 Å². The third-order valence-corrected chi connectivity index (χ3v) is 5.72. The Morgan fingerprint density at radius 2 is 1.76 bits per heavy atom. The average Bonchev–Trinajstić information content (AvgIpc) is 3.06. The Balaban J connectivity index is 2.18. The van der Waals surface area contributed by atoms with E-state index in [2.05, 4.69) is 0 Å². The summed E-state index contributed by atoms with van der Waals surface area (Å²) in [6, 6.07) is 11.2. The van der Waals surface area contributed by atoms with Crippen LogP contribution in [0.1, 0.15) is 36.6 Å². The number of carbonyl (C=O) groups is 3. The number of ether oxygens (including phenoxy) is 2. The second-order valence-electron chi connectivity index (χ2n) is 8.35. The topological polar surface area (TPSA) is 96.4 Å². The van der Waals surface area contributed by atoms with E-state index in [1.165, 1.54) is 18.9 Å². The van der Waals surface area contributed by atoms with Gasteiger partial charge in [0.25, 0.3) is 11.7 Å². The van der Waals surface area contributed by atoms with Gasteiger partial charge in [0.05, 0.1) is 18.7 Å². The highest BCUT2D eigenvalue weighted by Crippen LogP contribution is 2.42. The molecule has 1 unspecified atom stereocenters. The molecule has 0 saturated carbocycles. The predicted molar refractivity (Wildman–Crippen MR) is 128 cm³/mol. The Bertz CT molecular complexity index is 1120. The first-order valence-corrected chi connectivity index (χ1v) is 11.1. The zero-order chi connectivity index (χ0) is 25.0. The fourth-order valence-corrected chi connectivity index (χ4v) is 3.92. The molecule has 0 aromatic heterocycles. The molecular weight excluding hydrogens is 436 g/mol. The van der Waals surface area contributed by atoms with Crippen LogP contribution in [0.5, 0.6) is 11.5 Å². The lowest BCUT2D eigenvalue weighted by molar-refractivity contribution is -0.140. The van der Waals surface area contributed by atoms with E-state index in [1.54, 1.807) is 30.3 Å². The van der Waals surface area contributed by atoms with E-state index in [0.29, 0.717) is 23.4 Å². The normalized spacial score (nSPS) is 17.4. The molecule has 0 aliphatic carbocycles. The van der Waals surface area contributed by atoms with Gasteiger partial charge in [0.1, 0.15) is 5.76 Å².